The van der Waals surface area contributed by atoms with E-state index in [1.807, 2.05) is 14.1 Å². The maximum atomic E-state index is 4.74. The summed E-state index contributed by atoms with van der Waals surface area (Å²) in [6, 6.07) is 10.6. The molecule has 3 heteroatoms. The lowest BCUT2D eigenvalue weighted by Crippen LogP contribution is -2.17. The van der Waals surface area contributed by atoms with Crippen LogP contribution < -0.4 is 10.2 Å². The van der Waals surface area contributed by atoms with Gasteiger partial charge in [-0.3, -0.25) is 0 Å². The third-order valence-corrected chi connectivity index (χ3v) is 2.93. The van der Waals surface area contributed by atoms with Crippen molar-refractivity contribution in [1.29, 1.82) is 0 Å². The summed E-state index contributed by atoms with van der Waals surface area (Å²) in [4.78, 5) is 6.81. The maximum absolute atomic E-state index is 4.74. The van der Waals surface area contributed by atoms with Gasteiger partial charge in [-0.2, -0.15) is 0 Å². The fraction of sp³-hybridized carbons (Fsp3) is 0.400. The predicted octanol–water partition coefficient (Wildman–Crippen LogP) is 2.80. The molecule has 96 valence electrons. The molecule has 1 aromatic carbocycles. The fourth-order valence-electron chi connectivity index (χ4n) is 2.06. The molecule has 2 aromatic rings. The molecule has 0 atom stereocenters. The summed E-state index contributed by atoms with van der Waals surface area (Å²) in [5, 5.41) is 5.87. The average Bonchev–Trinajstić information content (AvgIpc) is 2.38. The summed E-state index contributed by atoms with van der Waals surface area (Å²) in [7, 11) is 4.08. The Labute approximate surface area is 109 Å². The van der Waals surface area contributed by atoms with Gasteiger partial charge >= 0.3 is 0 Å². The van der Waals surface area contributed by atoms with E-state index in [4.69, 9.17) is 4.98 Å². The summed E-state index contributed by atoms with van der Waals surface area (Å²) < 4.78 is 0. The van der Waals surface area contributed by atoms with E-state index in [0.717, 1.165) is 31.0 Å². The van der Waals surface area contributed by atoms with Crippen molar-refractivity contribution in [3.63, 3.8) is 0 Å². The van der Waals surface area contributed by atoms with Crippen molar-refractivity contribution in [1.82, 2.24) is 10.3 Å². The van der Waals surface area contributed by atoms with Gasteiger partial charge in [0.2, 0.25) is 0 Å². The number of hydrogen-bond donors (Lipinski definition) is 1. The van der Waals surface area contributed by atoms with E-state index < -0.39 is 0 Å². The van der Waals surface area contributed by atoms with Gasteiger partial charge in [-0.25, -0.2) is 4.98 Å². The molecule has 1 heterocycles. The van der Waals surface area contributed by atoms with E-state index in [2.05, 4.69) is 47.5 Å². The van der Waals surface area contributed by atoms with E-state index in [1.165, 1.54) is 10.8 Å². The van der Waals surface area contributed by atoms with Crippen LogP contribution in [0.1, 0.15) is 19.0 Å². The second-order valence-electron chi connectivity index (χ2n) is 4.73. The molecular formula is C15H21N3. The van der Waals surface area contributed by atoms with Crippen LogP contribution in [-0.4, -0.2) is 25.6 Å². The molecule has 0 aliphatic rings. The predicted molar refractivity (Wildman–Crippen MR) is 78.1 cm³/mol. The van der Waals surface area contributed by atoms with Gasteiger partial charge in [-0.05, 0) is 24.4 Å². The molecule has 0 radical (unpaired) electrons. The number of hydrogen-bond acceptors (Lipinski definition) is 3. The van der Waals surface area contributed by atoms with Crippen molar-refractivity contribution < 1.29 is 0 Å². The molecule has 3 nitrogen and oxygen atoms in total. The Morgan fingerprint density at radius 3 is 2.72 bits per heavy atom. The summed E-state index contributed by atoms with van der Waals surface area (Å²) in [5.41, 5.74) is 1.10. The highest BCUT2D eigenvalue weighted by Crippen LogP contribution is 2.24. The van der Waals surface area contributed by atoms with Crippen LogP contribution in [0.3, 0.4) is 0 Å². The van der Waals surface area contributed by atoms with Gasteiger partial charge in [0.25, 0.3) is 0 Å². The van der Waals surface area contributed by atoms with Crippen LogP contribution in [0.4, 0.5) is 5.82 Å². The molecule has 1 N–H and O–H groups in total. The van der Waals surface area contributed by atoms with Crippen LogP contribution in [0.5, 0.6) is 0 Å². The number of rotatable bonds is 5. The number of nitrogens with one attached hydrogen (secondary N) is 1. The minimum absolute atomic E-state index is 0.833. The highest BCUT2D eigenvalue weighted by atomic mass is 15.1. The van der Waals surface area contributed by atoms with Crippen molar-refractivity contribution in [3.05, 3.63) is 36.0 Å². The molecule has 0 bridgehead atoms. The Bertz CT molecular complexity index is 520. The largest absolute Gasteiger partial charge is 0.362 e. The number of nitrogens with zero attached hydrogens (tertiary/aromatic N) is 2. The minimum atomic E-state index is 0.833. The first-order valence-electron chi connectivity index (χ1n) is 6.49. The Hall–Kier alpha value is -1.61. The Morgan fingerprint density at radius 1 is 1.22 bits per heavy atom. The first-order valence-corrected chi connectivity index (χ1v) is 6.49. The molecule has 1 aromatic heterocycles. The highest BCUT2D eigenvalue weighted by Gasteiger charge is 2.07. The van der Waals surface area contributed by atoms with E-state index in [-0.39, 0.29) is 0 Å². The molecule has 0 aliphatic carbocycles. The molecule has 0 amide bonds. The van der Waals surface area contributed by atoms with E-state index in [1.54, 1.807) is 0 Å². The summed E-state index contributed by atoms with van der Waals surface area (Å²) in [6.07, 6.45) is 1.15. The van der Waals surface area contributed by atoms with E-state index in [0.29, 0.717) is 0 Å². The summed E-state index contributed by atoms with van der Waals surface area (Å²) >= 11 is 0. The molecule has 0 fully saturated rings. The third kappa shape index (κ3) is 2.79. The topological polar surface area (TPSA) is 28.2 Å². The Morgan fingerprint density at radius 2 is 2.00 bits per heavy atom. The minimum Gasteiger partial charge on any atom is -0.362 e. The molecule has 0 saturated heterocycles. The van der Waals surface area contributed by atoms with Gasteiger partial charge < -0.3 is 10.2 Å². The lowest BCUT2D eigenvalue weighted by Gasteiger charge is -2.16. The van der Waals surface area contributed by atoms with Crippen molar-refractivity contribution in [3.8, 4) is 0 Å². The normalized spacial score (nSPS) is 10.8. The van der Waals surface area contributed by atoms with Gasteiger partial charge in [-0.1, -0.05) is 31.2 Å². The number of benzene rings is 1. The molecule has 0 saturated carbocycles. The highest BCUT2D eigenvalue weighted by molar-refractivity contribution is 5.92. The smallest absolute Gasteiger partial charge is 0.136 e. The molecule has 2 rings (SSSR count). The zero-order valence-corrected chi connectivity index (χ0v) is 11.4. The summed E-state index contributed by atoms with van der Waals surface area (Å²) in [6.45, 7) is 4.04. The Kier molecular flexibility index (Phi) is 4.15. The first-order chi connectivity index (χ1) is 8.72. The molecular weight excluding hydrogens is 222 g/mol. The first kappa shape index (κ1) is 12.8. The fourth-order valence-corrected chi connectivity index (χ4v) is 2.06. The van der Waals surface area contributed by atoms with Crippen LogP contribution >= 0.6 is 0 Å². The van der Waals surface area contributed by atoms with Crippen molar-refractivity contribution >= 4 is 16.6 Å². The average molecular weight is 243 g/mol. The van der Waals surface area contributed by atoms with Gasteiger partial charge in [0, 0.05) is 26.0 Å². The Balaban J connectivity index is 2.38. The number of anilines is 1. The van der Waals surface area contributed by atoms with E-state index in [9.17, 15) is 0 Å². The molecule has 18 heavy (non-hydrogen) atoms. The molecule has 0 spiro atoms. The molecule has 0 unspecified atom stereocenters. The number of fused-ring (bicyclic) bond motifs is 1. The van der Waals surface area contributed by atoms with Crippen LogP contribution in [0.15, 0.2) is 30.3 Å². The maximum Gasteiger partial charge on any atom is 0.136 e. The van der Waals surface area contributed by atoms with Crippen LogP contribution in [0, 0.1) is 0 Å². The van der Waals surface area contributed by atoms with Crippen LogP contribution in [0.2, 0.25) is 0 Å². The SMILES string of the molecule is CCCNCc1cc2ccccc2c(N(C)C)n1. The van der Waals surface area contributed by atoms with Gasteiger partial charge in [0.05, 0.1) is 5.69 Å². The van der Waals surface area contributed by atoms with Gasteiger partial charge in [0.1, 0.15) is 5.82 Å². The number of aromatic nitrogens is 1. The molecule has 0 aliphatic heterocycles. The quantitative estimate of drug-likeness (QED) is 0.818. The second-order valence-corrected chi connectivity index (χ2v) is 4.73. The van der Waals surface area contributed by atoms with Crippen LogP contribution in [0.25, 0.3) is 10.8 Å². The lowest BCUT2D eigenvalue weighted by atomic mass is 10.1. The zero-order chi connectivity index (χ0) is 13.0. The third-order valence-electron chi connectivity index (χ3n) is 2.93. The second kappa shape index (κ2) is 5.83. The van der Waals surface area contributed by atoms with Crippen molar-refractivity contribution in [2.75, 3.05) is 25.5 Å². The van der Waals surface area contributed by atoms with E-state index >= 15 is 0 Å². The van der Waals surface area contributed by atoms with Gasteiger partial charge in [-0.15, -0.1) is 0 Å². The van der Waals surface area contributed by atoms with Gasteiger partial charge in [0.15, 0.2) is 0 Å². The summed E-state index contributed by atoms with van der Waals surface area (Å²) in [5.74, 6) is 1.04. The zero-order valence-electron chi connectivity index (χ0n) is 11.4. The standard InChI is InChI=1S/C15H21N3/c1-4-9-16-11-13-10-12-7-5-6-8-14(12)15(17-13)18(2)3/h5-8,10,16H,4,9,11H2,1-3H3. The lowest BCUT2D eigenvalue weighted by molar-refractivity contribution is 0.665. The monoisotopic (exact) mass is 243 g/mol. The van der Waals surface area contributed by atoms with Crippen LogP contribution in [-0.2, 0) is 6.54 Å². The van der Waals surface area contributed by atoms with Crippen molar-refractivity contribution in [2.24, 2.45) is 0 Å². The number of pyridine rings is 1. The van der Waals surface area contributed by atoms with Crippen molar-refractivity contribution in [2.45, 2.75) is 19.9 Å².